The molecule has 0 aromatic rings. The Morgan fingerprint density at radius 1 is 0.933 bits per heavy atom. The van der Waals surface area contributed by atoms with Crippen molar-refractivity contribution < 1.29 is 23.9 Å². The molecule has 0 spiro atoms. The Balaban J connectivity index is 2.28. The van der Waals surface area contributed by atoms with E-state index in [2.05, 4.69) is 10.6 Å². The maximum absolute atomic E-state index is 12.8. The van der Waals surface area contributed by atoms with Crippen molar-refractivity contribution in [2.45, 2.75) is 104 Å². The largest absolute Gasteiger partial charge is 0.444 e. The SMILES string of the molecule is CC(C)(C)OC(=O)NCCCCCCN1CCCCC(NC(=O)OC(C)(C)C)C1=O. The van der Waals surface area contributed by atoms with E-state index < -0.39 is 23.3 Å². The number of alkyl carbamates (subject to hydrolysis) is 2. The molecule has 0 saturated carbocycles. The lowest BCUT2D eigenvalue weighted by molar-refractivity contribution is -0.133. The predicted octanol–water partition coefficient (Wildman–Crippen LogP) is 3.98. The molecule has 1 atom stereocenters. The van der Waals surface area contributed by atoms with Gasteiger partial charge in [0.2, 0.25) is 5.91 Å². The highest BCUT2D eigenvalue weighted by Gasteiger charge is 2.29. The Morgan fingerprint density at radius 2 is 1.53 bits per heavy atom. The molecule has 1 rings (SSSR count). The number of amides is 3. The van der Waals surface area contributed by atoms with Gasteiger partial charge in [-0.25, -0.2) is 9.59 Å². The van der Waals surface area contributed by atoms with Crippen molar-refractivity contribution in [3.63, 3.8) is 0 Å². The number of nitrogens with one attached hydrogen (secondary N) is 2. The lowest BCUT2D eigenvalue weighted by Gasteiger charge is -2.26. The first-order valence-electron chi connectivity index (χ1n) is 11.1. The first-order valence-corrected chi connectivity index (χ1v) is 11.1. The number of likely N-dealkylation sites (tertiary alicyclic amines) is 1. The fraction of sp³-hybridized carbons (Fsp3) is 0.864. The average molecular weight is 428 g/mol. The summed E-state index contributed by atoms with van der Waals surface area (Å²) >= 11 is 0. The summed E-state index contributed by atoms with van der Waals surface area (Å²) in [5.74, 6) is -0.0232. The van der Waals surface area contributed by atoms with Crippen LogP contribution in [0.25, 0.3) is 0 Å². The zero-order valence-electron chi connectivity index (χ0n) is 19.6. The summed E-state index contributed by atoms with van der Waals surface area (Å²) in [6, 6.07) is -0.514. The molecule has 30 heavy (non-hydrogen) atoms. The van der Waals surface area contributed by atoms with Crippen LogP contribution in [0.3, 0.4) is 0 Å². The van der Waals surface area contributed by atoms with Crippen molar-refractivity contribution in [3.05, 3.63) is 0 Å². The summed E-state index contributed by atoms with van der Waals surface area (Å²) in [6.45, 7) is 12.9. The maximum atomic E-state index is 12.8. The predicted molar refractivity (Wildman–Crippen MR) is 116 cm³/mol. The average Bonchev–Trinajstić information content (AvgIpc) is 2.73. The zero-order chi connectivity index (χ0) is 22.8. The Morgan fingerprint density at radius 3 is 2.17 bits per heavy atom. The third-order valence-corrected chi connectivity index (χ3v) is 4.49. The van der Waals surface area contributed by atoms with Gasteiger partial charge in [-0.3, -0.25) is 4.79 Å². The van der Waals surface area contributed by atoms with Gasteiger partial charge in [0.1, 0.15) is 17.2 Å². The molecule has 8 heteroatoms. The summed E-state index contributed by atoms with van der Waals surface area (Å²) in [7, 11) is 0. The van der Waals surface area contributed by atoms with Crippen LogP contribution in [0.4, 0.5) is 9.59 Å². The van der Waals surface area contributed by atoms with Crippen molar-refractivity contribution in [1.82, 2.24) is 15.5 Å². The summed E-state index contributed by atoms with van der Waals surface area (Å²) in [5.41, 5.74) is -1.07. The molecule has 3 amide bonds. The van der Waals surface area contributed by atoms with E-state index in [9.17, 15) is 14.4 Å². The van der Waals surface area contributed by atoms with Crippen molar-refractivity contribution in [1.29, 1.82) is 0 Å². The van der Waals surface area contributed by atoms with Crippen LogP contribution in [-0.2, 0) is 14.3 Å². The molecule has 0 radical (unpaired) electrons. The molecular formula is C22H41N3O5. The molecular weight excluding hydrogens is 386 g/mol. The summed E-state index contributed by atoms with van der Waals surface area (Å²) in [4.78, 5) is 38.3. The van der Waals surface area contributed by atoms with E-state index in [0.29, 0.717) is 19.5 Å². The molecule has 1 aliphatic rings. The number of unbranched alkanes of at least 4 members (excludes halogenated alkanes) is 3. The minimum absolute atomic E-state index is 0.0232. The van der Waals surface area contributed by atoms with Gasteiger partial charge in [-0.15, -0.1) is 0 Å². The molecule has 0 aliphatic carbocycles. The van der Waals surface area contributed by atoms with Crippen LogP contribution in [0.1, 0.15) is 86.5 Å². The molecule has 0 bridgehead atoms. The van der Waals surface area contributed by atoms with Crippen LogP contribution in [0.15, 0.2) is 0 Å². The summed E-state index contributed by atoms with van der Waals surface area (Å²) < 4.78 is 10.5. The van der Waals surface area contributed by atoms with Gasteiger partial charge in [-0.2, -0.15) is 0 Å². The van der Waals surface area contributed by atoms with Crippen molar-refractivity contribution in [3.8, 4) is 0 Å². The number of rotatable bonds is 8. The lowest BCUT2D eigenvalue weighted by atomic mass is 10.1. The molecule has 0 aromatic heterocycles. The number of ether oxygens (including phenoxy) is 2. The van der Waals surface area contributed by atoms with E-state index >= 15 is 0 Å². The van der Waals surface area contributed by atoms with Crippen LogP contribution in [0.5, 0.6) is 0 Å². The number of hydrogen-bond donors (Lipinski definition) is 2. The lowest BCUT2D eigenvalue weighted by Crippen LogP contribution is -2.48. The molecule has 1 aliphatic heterocycles. The van der Waals surface area contributed by atoms with Gasteiger partial charge in [0.15, 0.2) is 0 Å². The second-order valence-corrected chi connectivity index (χ2v) is 9.86. The maximum Gasteiger partial charge on any atom is 0.408 e. The van der Waals surface area contributed by atoms with Crippen LogP contribution < -0.4 is 10.6 Å². The number of carbonyl (C=O) groups excluding carboxylic acids is 3. The van der Waals surface area contributed by atoms with Gasteiger partial charge in [0, 0.05) is 19.6 Å². The molecule has 1 fully saturated rings. The van der Waals surface area contributed by atoms with E-state index in [1.807, 2.05) is 25.7 Å². The summed E-state index contributed by atoms with van der Waals surface area (Å²) in [5, 5.41) is 5.49. The van der Waals surface area contributed by atoms with Crippen molar-refractivity contribution >= 4 is 18.1 Å². The highest BCUT2D eigenvalue weighted by Crippen LogP contribution is 2.15. The van der Waals surface area contributed by atoms with E-state index in [4.69, 9.17) is 9.47 Å². The first-order chi connectivity index (χ1) is 13.9. The monoisotopic (exact) mass is 427 g/mol. The van der Waals surface area contributed by atoms with E-state index in [1.165, 1.54) is 0 Å². The Hall–Kier alpha value is -1.99. The first kappa shape index (κ1) is 26.0. The summed E-state index contributed by atoms with van der Waals surface area (Å²) in [6.07, 6.45) is 5.28. The molecule has 8 nitrogen and oxygen atoms in total. The fourth-order valence-corrected chi connectivity index (χ4v) is 3.20. The smallest absolute Gasteiger partial charge is 0.408 e. The fourth-order valence-electron chi connectivity index (χ4n) is 3.20. The van der Waals surface area contributed by atoms with Crippen molar-refractivity contribution in [2.24, 2.45) is 0 Å². The molecule has 174 valence electrons. The number of hydrogen-bond acceptors (Lipinski definition) is 5. The molecule has 0 aromatic carbocycles. The third-order valence-electron chi connectivity index (χ3n) is 4.49. The third kappa shape index (κ3) is 11.9. The van der Waals surface area contributed by atoms with Gasteiger partial charge >= 0.3 is 12.2 Å². The normalized spacial score (nSPS) is 17.9. The van der Waals surface area contributed by atoms with Gasteiger partial charge in [0.25, 0.3) is 0 Å². The quantitative estimate of drug-likeness (QED) is 0.571. The Bertz CT molecular complexity index is 566. The van der Waals surface area contributed by atoms with Crippen LogP contribution in [-0.4, -0.2) is 59.9 Å². The van der Waals surface area contributed by atoms with Gasteiger partial charge in [-0.05, 0) is 73.6 Å². The molecule has 1 heterocycles. The van der Waals surface area contributed by atoms with E-state index in [-0.39, 0.29) is 12.0 Å². The van der Waals surface area contributed by atoms with Crippen molar-refractivity contribution in [2.75, 3.05) is 19.6 Å². The number of carbonyl (C=O) groups is 3. The van der Waals surface area contributed by atoms with Gasteiger partial charge in [0.05, 0.1) is 0 Å². The van der Waals surface area contributed by atoms with E-state index in [1.54, 1.807) is 20.8 Å². The molecule has 1 unspecified atom stereocenters. The van der Waals surface area contributed by atoms with Crippen LogP contribution in [0, 0.1) is 0 Å². The molecule has 1 saturated heterocycles. The second-order valence-electron chi connectivity index (χ2n) is 9.86. The molecule has 2 N–H and O–H groups in total. The highest BCUT2D eigenvalue weighted by atomic mass is 16.6. The standard InChI is InChI=1S/C22H41N3O5/c1-21(2,3)29-19(27)23-14-10-7-8-11-15-25-16-12-9-13-17(18(25)26)24-20(28)30-22(4,5)6/h17H,7-16H2,1-6H3,(H,23,27)(H,24,28). The Labute approximate surface area is 181 Å². The van der Waals surface area contributed by atoms with Gasteiger partial charge < -0.3 is 25.0 Å². The van der Waals surface area contributed by atoms with Crippen LogP contribution >= 0.6 is 0 Å². The van der Waals surface area contributed by atoms with Crippen LogP contribution in [0.2, 0.25) is 0 Å². The number of nitrogens with zero attached hydrogens (tertiary/aromatic N) is 1. The van der Waals surface area contributed by atoms with Gasteiger partial charge in [-0.1, -0.05) is 12.8 Å². The van der Waals surface area contributed by atoms with E-state index in [0.717, 1.165) is 45.1 Å². The zero-order valence-corrected chi connectivity index (χ0v) is 19.6. The Kier molecular flexibility index (Phi) is 10.4. The topological polar surface area (TPSA) is 97.0 Å². The highest BCUT2D eigenvalue weighted by molar-refractivity contribution is 5.86. The minimum atomic E-state index is -0.587. The second kappa shape index (κ2) is 12.0. The minimum Gasteiger partial charge on any atom is -0.444 e.